The third-order valence-electron chi connectivity index (χ3n) is 3.52. The van der Waals surface area contributed by atoms with E-state index in [1.54, 1.807) is 7.11 Å². The van der Waals surface area contributed by atoms with Gasteiger partial charge >= 0.3 is 0 Å². The fraction of sp³-hybridized carbons (Fsp3) is 0.100. The van der Waals surface area contributed by atoms with E-state index in [0.717, 1.165) is 22.6 Å². The predicted octanol–water partition coefficient (Wildman–Crippen LogP) is 4.86. The molecule has 0 saturated heterocycles. The largest absolute Gasteiger partial charge is 0.497 e. The first-order chi connectivity index (χ1) is 10.9. The van der Waals surface area contributed by atoms with Gasteiger partial charge in [-0.1, -0.05) is 60.7 Å². The minimum absolute atomic E-state index is 0.144. The first-order valence-corrected chi connectivity index (χ1v) is 7.27. The van der Waals surface area contributed by atoms with Crippen molar-refractivity contribution in [2.75, 3.05) is 7.11 Å². The topological polar surface area (TPSA) is 18.5 Å². The normalized spacial score (nSPS) is 11.7. The Morgan fingerprint density at radius 1 is 0.591 bits per heavy atom. The van der Waals surface area contributed by atoms with Gasteiger partial charge in [0.15, 0.2) is 0 Å². The van der Waals surface area contributed by atoms with Crippen molar-refractivity contribution in [2.24, 2.45) is 0 Å². The number of methoxy groups -OCH3 is 1. The highest BCUT2D eigenvalue weighted by atomic mass is 16.5. The molecular weight excluding hydrogens is 272 g/mol. The molecule has 0 bridgehead atoms. The van der Waals surface area contributed by atoms with Gasteiger partial charge in [0.1, 0.15) is 17.6 Å². The maximum atomic E-state index is 6.22. The standard InChI is InChI=1S/C20H18O2/c1-21-18-14-12-17(13-15-18)20(16-8-4-2-5-9-16)22-19-10-6-3-7-11-19/h2-15,20H,1H3. The molecule has 3 rings (SSSR count). The lowest BCUT2D eigenvalue weighted by Crippen LogP contribution is -2.09. The predicted molar refractivity (Wildman–Crippen MR) is 88.3 cm³/mol. The smallest absolute Gasteiger partial charge is 0.149 e. The maximum absolute atomic E-state index is 6.22. The van der Waals surface area contributed by atoms with Gasteiger partial charge in [0.25, 0.3) is 0 Å². The number of para-hydroxylation sites is 1. The van der Waals surface area contributed by atoms with E-state index in [0.29, 0.717) is 0 Å². The summed E-state index contributed by atoms with van der Waals surface area (Å²) < 4.78 is 11.5. The zero-order valence-corrected chi connectivity index (χ0v) is 12.5. The number of ether oxygens (including phenoxy) is 2. The zero-order chi connectivity index (χ0) is 15.2. The Labute approximate surface area is 131 Å². The average molecular weight is 290 g/mol. The molecule has 0 aromatic heterocycles. The monoisotopic (exact) mass is 290 g/mol. The van der Waals surface area contributed by atoms with Crippen LogP contribution in [0.4, 0.5) is 0 Å². The maximum Gasteiger partial charge on any atom is 0.149 e. The highest BCUT2D eigenvalue weighted by Crippen LogP contribution is 2.29. The second kappa shape index (κ2) is 6.81. The van der Waals surface area contributed by atoms with Crippen molar-refractivity contribution in [3.8, 4) is 11.5 Å². The van der Waals surface area contributed by atoms with Crippen LogP contribution in [0.2, 0.25) is 0 Å². The second-order valence-corrected chi connectivity index (χ2v) is 4.99. The summed E-state index contributed by atoms with van der Waals surface area (Å²) in [4.78, 5) is 0. The van der Waals surface area contributed by atoms with Crippen molar-refractivity contribution >= 4 is 0 Å². The molecule has 1 atom stereocenters. The lowest BCUT2D eigenvalue weighted by molar-refractivity contribution is 0.247. The minimum Gasteiger partial charge on any atom is -0.497 e. The van der Waals surface area contributed by atoms with Crippen LogP contribution >= 0.6 is 0 Å². The number of benzene rings is 3. The van der Waals surface area contributed by atoms with E-state index in [-0.39, 0.29) is 6.10 Å². The molecule has 22 heavy (non-hydrogen) atoms. The molecule has 2 nitrogen and oxygen atoms in total. The van der Waals surface area contributed by atoms with E-state index >= 15 is 0 Å². The van der Waals surface area contributed by atoms with Crippen molar-refractivity contribution in [1.82, 2.24) is 0 Å². The van der Waals surface area contributed by atoms with E-state index in [4.69, 9.17) is 9.47 Å². The Morgan fingerprint density at radius 3 is 1.73 bits per heavy atom. The minimum atomic E-state index is -0.144. The molecule has 0 saturated carbocycles. The molecule has 0 spiro atoms. The molecule has 3 aromatic carbocycles. The van der Waals surface area contributed by atoms with Gasteiger partial charge in [-0.2, -0.15) is 0 Å². The third-order valence-corrected chi connectivity index (χ3v) is 3.52. The number of rotatable bonds is 5. The molecule has 0 amide bonds. The summed E-state index contributed by atoms with van der Waals surface area (Å²) in [5.74, 6) is 1.70. The first kappa shape index (κ1) is 14.2. The summed E-state index contributed by atoms with van der Waals surface area (Å²) >= 11 is 0. The molecule has 1 unspecified atom stereocenters. The molecule has 0 radical (unpaired) electrons. The van der Waals surface area contributed by atoms with Gasteiger partial charge in [-0.15, -0.1) is 0 Å². The van der Waals surface area contributed by atoms with Crippen LogP contribution < -0.4 is 9.47 Å². The van der Waals surface area contributed by atoms with Crippen molar-refractivity contribution in [3.05, 3.63) is 96.1 Å². The summed E-state index contributed by atoms with van der Waals surface area (Å²) in [5, 5.41) is 0. The van der Waals surface area contributed by atoms with Gasteiger partial charge in [0.05, 0.1) is 7.11 Å². The van der Waals surface area contributed by atoms with Crippen LogP contribution in [0.25, 0.3) is 0 Å². The summed E-state index contributed by atoms with van der Waals surface area (Å²) in [6, 6.07) is 28.1. The molecular formula is C20H18O2. The van der Waals surface area contributed by atoms with Crippen molar-refractivity contribution in [1.29, 1.82) is 0 Å². The van der Waals surface area contributed by atoms with Crippen LogP contribution in [0.5, 0.6) is 11.5 Å². The average Bonchev–Trinajstić information content (AvgIpc) is 2.61. The molecule has 3 aromatic rings. The van der Waals surface area contributed by atoms with Crippen molar-refractivity contribution in [3.63, 3.8) is 0 Å². The third kappa shape index (κ3) is 3.29. The van der Waals surface area contributed by atoms with Crippen LogP contribution in [-0.2, 0) is 0 Å². The van der Waals surface area contributed by atoms with E-state index in [2.05, 4.69) is 12.1 Å². The Bertz CT molecular complexity index is 691. The Kier molecular flexibility index (Phi) is 4.40. The van der Waals surface area contributed by atoms with Gasteiger partial charge in [0, 0.05) is 0 Å². The van der Waals surface area contributed by atoms with Crippen LogP contribution in [0.15, 0.2) is 84.9 Å². The highest BCUT2D eigenvalue weighted by molar-refractivity contribution is 5.36. The lowest BCUT2D eigenvalue weighted by Gasteiger charge is -2.20. The van der Waals surface area contributed by atoms with Gasteiger partial charge in [-0.3, -0.25) is 0 Å². The number of hydrogen-bond acceptors (Lipinski definition) is 2. The van der Waals surface area contributed by atoms with Gasteiger partial charge in [-0.25, -0.2) is 0 Å². The molecule has 0 heterocycles. The van der Waals surface area contributed by atoms with E-state index in [1.165, 1.54) is 0 Å². The molecule has 0 aliphatic carbocycles. The summed E-state index contributed by atoms with van der Waals surface area (Å²) in [6.45, 7) is 0. The molecule has 0 aliphatic rings. The van der Waals surface area contributed by atoms with E-state index in [9.17, 15) is 0 Å². The van der Waals surface area contributed by atoms with Crippen LogP contribution in [-0.4, -0.2) is 7.11 Å². The SMILES string of the molecule is COc1ccc(C(Oc2ccccc2)c2ccccc2)cc1. The Morgan fingerprint density at radius 2 is 1.14 bits per heavy atom. The Balaban J connectivity index is 1.95. The van der Waals surface area contributed by atoms with Gasteiger partial charge in [0.2, 0.25) is 0 Å². The van der Waals surface area contributed by atoms with Gasteiger partial charge in [-0.05, 0) is 35.4 Å². The second-order valence-electron chi connectivity index (χ2n) is 4.99. The first-order valence-electron chi connectivity index (χ1n) is 7.27. The van der Waals surface area contributed by atoms with Gasteiger partial charge < -0.3 is 9.47 Å². The number of hydrogen-bond donors (Lipinski definition) is 0. The van der Waals surface area contributed by atoms with Crippen LogP contribution in [0, 0.1) is 0 Å². The molecule has 2 heteroatoms. The highest BCUT2D eigenvalue weighted by Gasteiger charge is 2.16. The molecule has 0 aliphatic heterocycles. The summed E-state index contributed by atoms with van der Waals surface area (Å²) in [6.07, 6.45) is -0.144. The van der Waals surface area contributed by atoms with Crippen LogP contribution in [0.1, 0.15) is 17.2 Å². The van der Waals surface area contributed by atoms with E-state index in [1.807, 2.05) is 72.8 Å². The van der Waals surface area contributed by atoms with E-state index < -0.39 is 0 Å². The molecule has 0 fully saturated rings. The Hall–Kier alpha value is -2.74. The molecule has 0 N–H and O–H groups in total. The quantitative estimate of drug-likeness (QED) is 0.668. The van der Waals surface area contributed by atoms with Crippen molar-refractivity contribution < 1.29 is 9.47 Å². The lowest BCUT2D eigenvalue weighted by atomic mass is 10.0. The fourth-order valence-electron chi connectivity index (χ4n) is 2.37. The van der Waals surface area contributed by atoms with Crippen molar-refractivity contribution in [2.45, 2.75) is 6.10 Å². The zero-order valence-electron chi connectivity index (χ0n) is 12.5. The summed E-state index contributed by atoms with van der Waals surface area (Å²) in [5.41, 5.74) is 2.22. The van der Waals surface area contributed by atoms with Crippen LogP contribution in [0.3, 0.4) is 0 Å². The fourth-order valence-corrected chi connectivity index (χ4v) is 2.37. The molecule has 110 valence electrons. The summed E-state index contributed by atoms with van der Waals surface area (Å²) in [7, 11) is 1.67.